The Bertz CT molecular complexity index is 1670. The van der Waals surface area contributed by atoms with Gasteiger partial charge >= 0.3 is 6.01 Å². The standard InChI is InChI=1S/C32H33F2N7O2/c1-18(33)31(42)41-12-11-40(16-20(41)8-9-35)30-26-15-36-28(23-7-3-6-22-24-13-19(24)14-25(22)23)27(34)29(26)37-32(38-30)43-17-21-5-4-10-39(21)2/h3,6-7,15,19-21,24H,1,4-5,8,10-14,16-17H2,2H3/t19-,20-,21-,24-/m0/s1. The van der Waals surface area contributed by atoms with Gasteiger partial charge in [-0.25, -0.2) is 8.78 Å². The largest absolute Gasteiger partial charge is 0.462 e. The Labute approximate surface area is 248 Å². The molecule has 1 amide bonds. The van der Waals surface area contributed by atoms with Gasteiger partial charge < -0.3 is 19.4 Å². The second kappa shape index (κ2) is 10.8. The van der Waals surface area contributed by atoms with Crippen LogP contribution in [0.25, 0.3) is 22.2 Å². The summed E-state index contributed by atoms with van der Waals surface area (Å²) in [5, 5.41) is 9.86. The maximum atomic E-state index is 16.5. The summed E-state index contributed by atoms with van der Waals surface area (Å²) in [4.78, 5) is 31.8. The van der Waals surface area contributed by atoms with Gasteiger partial charge in [0.25, 0.3) is 5.91 Å². The third-order valence-corrected chi connectivity index (χ3v) is 9.58. The number of fused-ring (bicyclic) bond motifs is 4. The van der Waals surface area contributed by atoms with Crippen molar-refractivity contribution in [3.63, 3.8) is 0 Å². The lowest BCUT2D eigenvalue weighted by Crippen LogP contribution is -2.55. The van der Waals surface area contributed by atoms with Gasteiger partial charge in [-0.05, 0) is 62.2 Å². The lowest BCUT2D eigenvalue weighted by molar-refractivity contribution is -0.131. The van der Waals surface area contributed by atoms with E-state index in [1.54, 1.807) is 6.20 Å². The van der Waals surface area contributed by atoms with Crippen molar-refractivity contribution in [3.8, 4) is 23.3 Å². The van der Waals surface area contributed by atoms with Crippen LogP contribution >= 0.6 is 0 Å². The number of halogens is 2. The topological polar surface area (TPSA) is 98.5 Å². The number of nitrogens with zero attached hydrogens (tertiary/aromatic N) is 7. The molecule has 1 aromatic carbocycles. The Morgan fingerprint density at radius 2 is 2.09 bits per heavy atom. The first kappa shape index (κ1) is 27.7. The van der Waals surface area contributed by atoms with Crippen molar-refractivity contribution < 1.29 is 18.3 Å². The lowest BCUT2D eigenvalue weighted by atomic mass is 9.96. The number of benzene rings is 1. The maximum Gasteiger partial charge on any atom is 0.319 e. The van der Waals surface area contributed by atoms with E-state index in [2.05, 4.69) is 40.6 Å². The highest BCUT2D eigenvalue weighted by Gasteiger charge is 2.46. The predicted octanol–water partition coefficient (Wildman–Crippen LogP) is 4.38. The molecule has 43 heavy (non-hydrogen) atoms. The van der Waals surface area contributed by atoms with Crippen molar-refractivity contribution >= 4 is 22.6 Å². The van der Waals surface area contributed by atoms with E-state index in [1.165, 1.54) is 22.4 Å². The first-order chi connectivity index (χ1) is 20.8. The van der Waals surface area contributed by atoms with Crippen molar-refractivity contribution in [1.29, 1.82) is 5.26 Å². The minimum absolute atomic E-state index is 0.00618. The van der Waals surface area contributed by atoms with Crippen molar-refractivity contribution in [2.75, 3.05) is 44.7 Å². The summed E-state index contributed by atoms with van der Waals surface area (Å²) in [7, 11) is 2.05. The second-order valence-corrected chi connectivity index (χ2v) is 12.1. The van der Waals surface area contributed by atoms with Crippen molar-refractivity contribution in [2.24, 2.45) is 5.92 Å². The van der Waals surface area contributed by atoms with Gasteiger partial charge in [-0.2, -0.15) is 15.2 Å². The number of rotatable bonds is 7. The molecular formula is C32H33F2N7O2. The predicted molar refractivity (Wildman–Crippen MR) is 157 cm³/mol. The van der Waals surface area contributed by atoms with Gasteiger partial charge in [-0.1, -0.05) is 24.8 Å². The number of carbonyl (C=O) groups excluding carboxylic acids is 1. The van der Waals surface area contributed by atoms with Crippen LogP contribution in [0.2, 0.25) is 0 Å². The van der Waals surface area contributed by atoms with Gasteiger partial charge in [0.1, 0.15) is 23.6 Å². The molecule has 4 atom stereocenters. The first-order valence-corrected chi connectivity index (χ1v) is 14.9. The molecule has 2 saturated heterocycles. The van der Waals surface area contributed by atoms with Crippen LogP contribution in [0.1, 0.15) is 42.7 Å². The Morgan fingerprint density at radius 1 is 1.23 bits per heavy atom. The molecule has 2 aliphatic carbocycles. The molecule has 9 nitrogen and oxygen atoms in total. The molecule has 1 saturated carbocycles. The van der Waals surface area contributed by atoms with Crippen LogP contribution in [0.5, 0.6) is 6.01 Å². The van der Waals surface area contributed by atoms with Gasteiger partial charge in [0.2, 0.25) is 0 Å². The summed E-state index contributed by atoms with van der Waals surface area (Å²) in [6.07, 6.45) is 5.80. The molecular weight excluding hydrogens is 552 g/mol. The normalized spacial score (nSPS) is 24.5. The highest BCUT2D eigenvalue weighted by molar-refractivity contribution is 5.93. The number of piperazine rings is 1. The van der Waals surface area contributed by atoms with Crippen LogP contribution in [0.15, 0.2) is 36.8 Å². The molecule has 0 unspecified atom stereocenters. The fraction of sp³-hybridized carbons (Fsp3) is 0.469. The number of ether oxygens (including phenoxy) is 1. The maximum absolute atomic E-state index is 16.5. The zero-order valence-electron chi connectivity index (χ0n) is 24.1. The Hall–Kier alpha value is -4.17. The highest BCUT2D eigenvalue weighted by atomic mass is 19.1. The summed E-state index contributed by atoms with van der Waals surface area (Å²) in [5.74, 6) is -0.811. The van der Waals surface area contributed by atoms with Crippen molar-refractivity contribution in [3.05, 3.63) is 53.7 Å². The first-order valence-electron chi connectivity index (χ1n) is 14.9. The summed E-state index contributed by atoms with van der Waals surface area (Å²) in [5.41, 5.74) is 3.63. The molecule has 2 aliphatic heterocycles. The lowest BCUT2D eigenvalue weighted by Gasteiger charge is -2.41. The number of likely N-dealkylation sites (N-methyl/N-ethyl adjacent to an activating group) is 1. The number of likely N-dealkylation sites (tertiary alicyclic amines) is 1. The molecule has 0 N–H and O–H groups in total. The quantitative estimate of drug-likeness (QED) is 0.377. The van der Waals surface area contributed by atoms with Crippen LogP contribution in [-0.4, -0.2) is 82.6 Å². The molecule has 0 spiro atoms. The van der Waals surface area contributed by atoms with E-state index in [0.29, 0.717) is 29.6 Å². The molecule has 0 radical (unpaired) electrons. The number of anilines is 1. The fourth-order valence-corrected chi connectivity index (χ4v) is 7.14. The van der Waals surface area contributed by atoms with Crippen LogP contribution in [0, 0.1) is 23.1 Å². The number of hydrogen-bond acceptors (Lipinski definition) is 8. The average molecular weight is 586 g/mol. The Kier molecular flexibility index (Phi) is 6.96. The van der Waals surface area contributed by atoms with Crippen LogP contribution < -0.4 is 9.64 Å². The number of pyridine rings is 1. The van der Waals surface area contributed by atoms with Gasteiger partial charge in [-0.3, -0.25) is 9.78 Å². The molecule has 2 aromatic heterocycles. The highest BCUT2D eigenvalue weighted by Crippen LogP contribution is 2.57. The number of carbonyl (C=O) groups is 1. The van der Waals surface area contributed by atoms with Crippen LogP contribution in [0.4, 0.5) is 14.6 Å². The van der Waals surface area contributed by atoms with E-state index in [9.17, 15) is 14.4 Å². The number of hydrogen-bond donors (Lipinski definition) is 0. The molecule has 3 fully saturated rings. The number of aromatic nitrogens is 3. The SMILES string of the molecule is C=C(F)C(=O)N1CCN(c2nc(OC[C@@H]3CCCN3C)nc3c(F)c(-c4cccc5c4C[C@@H]4C[C@H]54)ncc23)C[C@@H]1CC#N. The number of amides is 1. The average Bonchev–Trinajstić information content (AvgIpc) is 3.50. The fourth-order valence-electron chi connectivity index (χ4n) is 7.14. The summed E-state index contributed by atoms with van der Waals surface area (Å²) in [6, 6.07) is 7.80. The molecule has 0 bridgehead atoms. The third kappa shape index (κ3) is 4.87. The molecule has 3 aromatic rings. The van der Waals surface area contributed by atoms with E-state index in [-0.39, 0.29) is 49.3 Å². The van der Waals surface area contributed by atoms with E-state index < -0.39 is 23.6 Å². The van der Waals surface area contributed by atoms with E-state index >= 15 is 4.39 Å². The second-order valence-electron chi connectivity index (χ2n) is 12.1. The van der Waals surface area contributed by atoms with Crippen molar-refractivity contribution in [1.82, 2.24) is 24.8 Å². The smallest absolute Gasteiger partial charge is 0.319 e. The van der Waals surface area contributed by atoms with E-state index in [1.807, 2.05) is 17.0 Å². The molecule has 7 rings (SSSR count). The minimum Gasteiger partial charge on any atom is -0.462 e. The molecule has 11 heteroatoms. The van der Waals surface area contributed by atoms with E-state index in [0.717, 1.165) is 31.4 Å². The zero-order valence-corrected chi connectivity index (χ0v) is 24.1. The van der Waals surface area contributed by atoms with Crippen LogP contribution in [0.3, 0.4) is 0 Å². The van der Waals surface area contributed by atoms with Gasteiger partial charge in [0.05, 0.1) is 23.9 Å². The third-order valence-electron chi connectivity index (χ3n) is 9.58. The van der Waals surface area contributed by atoms with Gasteiger partial charge in [0, 0.05) is 37.4 Å². The van der Waals surface area contributed by atoms with E-state index in [4.69, 9.17) is 9.72 Å². The van der Waals surface area contributed by atoms with Gasteiger partial charge in [0.15, 0.2) is 11.6 Å². The van der Waals surface area contributed by atoms with Gasteiger partial charge in [-0.15, -0.1) is 0 Å². The summed E-state index contributed by atoms with van der Waals surface area (Å²) < 4.78 is 36.4. The minimum atomic E-state index is -1.07. The molecule has 4 heterocycles. The Morgan fingerprint density at radius 3 is 2.86 bits per heavy atom. The Balaban J connectivity index is 1.29. The molecule has 4 aliphatic rings. The monoisotopic (exact) mass is 585 g/mol. The zero-order chi connectivity index (χ0) is 29.8. The summed E-state index contributed by atoms with van der Waals surface area (Å²) >= 11 is 0. The van der Waals surface area contributed by atoms with Crippen molar-refractivity contribution in [2.45, 2.75) is 50.1 Å². The number of nitriles is 1. The summed E-state index contributed by atoms with van der Waals surface area (Å²) in [6.45, 7) is 5.13. The van der Waals surface area contributed by atoms with Crippen LogP contribution in [-0.2, 0) is 11.2 Å². The molecule has 222 valence electrons.